The largest absolute Gasteiger partial charge is 0.460 e. The molecule has 1 unspecified atom stereocenters. The van der Waals surface area contributed by atoms with Gasteiger partial charge in [0.2, 0.25) is 5.91 Å². The van der Waals surface area contributed by atoms with Gasteiger partial charge in [-0.15, -0.1) is 0 Å². The van der Waals surface area contributed by atoms with E-state index >= 15 is 0 Å². The van der Waals surface area contributed by atoms with E-state index in [1.54, 1.807) is 41.5 Å². The number of hydrogen-bond donors (Lipinski definition) is 3. The van der Waals surface area contributed by atoms with E-state index in [4.69, 9.17) is 24.7 Å². The smallest absolute Gasteiger partial charge is 0.407 e. The molecule has 0 saturated heterocycles. The number of ether oxygens (including phenoxy) is 4. The van der Waals surface area contributed by atoms with Gasteiger partial charge in [0.1, 0.15) is 30.0 Å². The van der Waals surface area contributed by atoms with Gasteiger partial charge in [-0.2, -0.15) is 11.8 Å². The summed E-state index contributed by atoms with van der Waals surface area (Å²) in [5, 5.41) is 5.49. The molecule has 0 heterocycles. The van der Waals surface area contributed by atoms with Gasteiger partial charge in [0.25, 0.3) is 0 Å². The number of nitrogens with one attached hydrogen (secondary N) is 2. The molecule has 0 aromatic heterocycles. The molecule has 3 atom stereocenters. The van der Waals surface area contributed by atoms with E-state index in [1.807, 2.05) is 0 Å². The van der Waals surface area contributed by atoms with Crippen LogP contribution >= 0.6 is 11.8 Å². The third kappa shape index (κ3) is 44.4. The second kappa shape index (κ2) is 42.3. The van der Waals surface area contributed by atoms with Gasteiger partial charge >= 0.3 is 24.0 Å². The van der Waals surface area contributed by atoms with Gasteiger partial charge in [0, 0.05) is 30.9 Å². The molecule has 0 radical (unpaired) electrons. The van der Waals surface area contributed by atoms with Crippen molar-refractivity contribution in [2.75, 3.05) is 24.7 Å². The van der Waals surface area contributed by atoms with E-state index in [-0.39, 0.29) is 43.3 Å². The lowest BCUT2D eigenvalue weighted by Gasteiger charge is -2.26. The predicted molar refractivity (Wildman–Crippen MR) is 277 cm³/mol. The Labute approximate surface area is 414 Å². The SMILES string of the molecule is CCCCCCCCCCCCCCCCCCNC(=O)OC[C@H](CSCC(N)C(=O)N[C@H](CCC(=O)OC(C)(C)C)C(=O)OC(C)(C)C)OC(=O)CCCCCCCCCCCCCCC. The average molecular weight is 970 g/mol. The van der Waals surface area contributed by atoms with Crippen molar-refractivity contribution in [3.8, 4) is 0 Å². The van der Waals surface area contributed by atoms with E-state index < -0.39 is 53.3 Å². The summed E-state index contributed by atoms with van der Waals surface area (Å²) in [4.78, 5) is 64.3. The zero-order valence-corrected chi connectivity index (χ0v) is 45.2. The minimum absolute atomic E-state index is 0.0222. The summed E-state index contributed by atoms with van der Waals surface area (Å²) in [7, 11) is 0. The van der Waals surface area contributed by atoms with Gasteiger partial charge < -0.3 is 35.3 Å². The van der Waals surface area contributed by atoms with Crippen molar-refractivity contribution < 1.29 is 42.9 Å². The maximum absolute atomic E-state index is 13.2. The molecule has 0 aliphatic carbocycles. The predicted octanol–water partition coefficient (Wildman–Crippen LogP) is 13.4. The van der Waals surface area contributed by atoms with Crippen molar-refractivity contribution in [3.63, 3.8) is 0 Å². The quantitative estimate of drug-likeness (QED) is 0.0301. The zero-order chi connectivity index (χ0) is 50.0. The minimum Gasteiger partial charge on any atom is -0.460 e. The highest BCUT2D eigenvalue weighted by atomic mass is 32.2. The molecule has 67 heavy (non-hydrogen) atoms. The Balaban J connectivity index is 4.91. The minimum atomic E-state index is -1.11. The van der Waals surface area contributed by atoms with Crippen LogP contribution in [0.5, 0.6) is 0 Å². The van der Waals surface area contributed by atoms with Crippen molar-refractivity contribution in [1.82, 2.24) is 10.6 Å². The first kappa shape index (κ1) is 64.5. The average Bonchev–Trinajstić information content (AvgIpc) is 3.25. The van der Waals surface area contributed by atoms with Crippen molar-refractivity contribution in [2.24, 2.45) is 5.73 Å². The topological polar surface area (TPSA) is 172 Å². The molecule has 0 aromatic rings. The fourth-order valence-corrected chi connectivity index (χ4v) is 8.66. The number of alkyl carbamates (subject to hydrolysis) is 1. The van der Waals surface area contributed by atoms with Crippen molar-refractivity contribution in [3.05, 3.63) is 0 Å². The van der Waals surface area contributed by atoms with Gasteiger partial charge in [-0.05, 0) is 60.8 Å². The van der Waals surface area contributed by atoms with Crippen LogP contribution in [0.2, 0.25) is 0 Å². The van der Waals surface area contributed by atoms with E-state index in [0.717, 1.165) is 38.5 Å². The molecular formula is C54H103N3O9S. The molecule has 13 heteroatoms. The maximum Gasteiger partial charge on any atom is 0.407 e. The molecule has 394 valence electrons. The second-order valence-corrected chi connectivity index (χ2v) is 21.9. The molecule has 0 saturated carbocycles. The first-order valence-electron chi connectivity index (χ1n) is 27.2. The molecule has 4 N–H and O–H groups in total. The number of nitrogens with two attached hydrogens (primary N) is 1. The summed E-state index contributed by atoms with van der Waals surface area (Å²) in [6.07, 6.45) is 35.1. The van der Waals surface area contributed by atoms with Gasteiger partial charge in [-0.1, -0.05) is 187 Å². The first-order chi connectivity index (χ1) is 32.0. The Morgan fingerprint density at radius 2 is 0.940 bits per heavy atom. The number of hydrogen-bond acceptors (Lipinski definition) is 11. The summed E-state index contributed by atoms with van der Waals surface area (Å²) in [6.45, 7) is 15.3. The van der Waals surface area contributed by atoms with E-state index in [9.17, 15) is 24.0 Å². The number of rotatable bonds is 44. The second-order valence-electron chi connectivity index (χ2n) is 20.8. The van der Waals surface area contributed by atoms with Crippen LogP contribution < -0.4 is 16.4 Å². The molecular weight excluding hydrogens is 867 g/mol. The van der Waals surface area contributed by atoms with Gasteiger partial charge in [0.05, 0.1) is 6.04 Å². The Hall–Kier alpha value is -2.54. The van der Waals surface area contributed by atoms with E-state index in [2.05, 4.69) is 24.5 Å². The van der Waals surface area contributed by atoms with Crippen LogP contribution in [-0.4, -0.2) is 84.0 Å². The van der Waals surface area contributed by atoms with Crippen LogP contribution in [0.3, 0.4) is 0 Å². The number of unbranched alkanes of at least 4 members (excludes halogenated alkanes) is 27. The lowest BCUT2D eigenvalue weighted by molar-refractivity contribution is -0.160. The summed E-state index contributed by atoms with van der Waals surface area (Å²) < 4.78 is 22.2. The number of esters is 3. The lowest BCUT2D eigenvalue weighted by Crippen LogP contribution is -2.51. The third-order valence-corrected chi connectivity index (χ3v) is 12.7. The number of carbonyl (C=O) groups excluding carboxylic acids is 5. The Morgan fingerprint density at radius 1 is 0.522 bits per heavy atom. The van der Waals surface area contributed by atoms with Crippen molar-refractivity contribution in [2.45, 2.75) is 290 Å². The lowest BCUT2D eigenvalue weighted by atomic mass is 10.0. The van der Waals surface area contributed by atoms with Gasteiger partial charge in [0.15, 0.2) is 0 Å². The summed E-state index contributed by atoms with van der Waals surface area (Å²) in [5.41, 5.74) is 4.77. The highest BCUT2D eigenvalue weighted by molar-refractivity contribution is 7.99. The first-order valence-corrected chi connectivity index (χ1v) is 28.3. The fraction of sp³-hybridized carbons (Fsp3) is 0.907. The summed E-state index contributed by atoms with van der Waals surface area (Å²) in [6, 6.07) is -2.14. The third-order valence-electron chi connectivity index (χ3n) is 11.5. The molecule has 0 aliphatic heterocycles. The maximum atomic E-state index is 13.2. The number of amides is 2. The fourth-order valence-electron chi connectivity index (χ4n) is 7.69. The van der Waals surface area contributed by atoms with Gasteiger partial charge in [-0.25, -0.2) is 9.59 Å². The standard InChI is InChI=1S/C54H103N3O9S/c1-9-11-13-15-17-19-21-23-24-25-27-29-31-33-35-37-41-56-52(62)63-42-45(64-48(58)38-36-34-32-30-28-26-22-20-18-16-14-12-10-2)43-67-44-46(55)50(60)57-47(51(61)66-54(6,7)8)39-40-49(59)65-53(3,4)5/h45-47H,9-44,55H2,1-8H3,(H,56,62)(H,57,60)/t45-,46?,47-/m1/s1. The summed E-state index contributed by atoms with van der Waals surface area (Å²) in [5.74, 6) is -1.74. The van der Waals surface area contributed by atoms with Crippen LogP contribution in [0.1, 0.15) is 261 Å². The molecule has 0 bridgehead atoms. The van der Waals surface area contributed by atoms with Crippen LogP contribution in [0.15, 0.2) is 0 Å². The van der Waals surface area contributed by atoms with Crippen LogP contribution in [-0.2, 0) is 38.1 Å². The summed E-state index contributed by atoms with van der Waals surface area (Å²) >= 11 is 1.28. The number of carbonyl (C=O) groups is 5. The Morgan fingerprint density at radius 3 is 1.37 bits per heavy atom. The molecule has 0 aromatic carbocycles. The van der Waals surface area contributed by atoms with Gasteiger partial charge in [-0.3, -0.25) is 14.4 Å². The Kier molecular flexibility index (Phi) is 40.7. The van der Waals surface area contributed by atoms with Crippen molar-refractivity contribution >= 4 is 41.7 Å². The van der Waals surface area contributed by atoms with Crippen molar-refractivity contribution in [1.29, 1.82) is 0 Å². The van der Waals surface area contributed by atoms with Crippen LogP contribution in [0.25, 0.3) is 0 Å². The molecule has 12 nitrogen and oxygen atoms in total. The monoisotopic (exact) mass is 970 g/mol. The molecule has 0 rings (SSSR count). The van der Waals surface area contributed by atoms with Crippen LogP contribution in [0, 0.1) is 0 Å². The number of thioether (sulfide) groups is 1. The molecule has 0 spiro atoms. The molecule has 0 aliphatic rings. The highest BCUT2D eigenvalue weighted by Gasteiger charge is 2.30. The van der Waals surface area contributed by atoms with E-state index in [0.29, 0.717) is 6.54 Å². The Bertz CT molecular complexity index is 1260. The molecule has 2 amide bonds. The van der Waals surface area contributed by atoms with Crippen LogP contribution in [0.4, 0.5) is 4.79 Å². The van der Waals surface area contributed by atoms with E-state index in [1.165, 1.54) is 159 Å². The zero-order valence-electron chi connectivity index (χ0n) is 44.3. The molecule has 0 fully saturated rings. The highest BCUT2D eigenvalue weighted by Crippen LogP contribution is 2.18. The normalized spacial score (nSPS) is 13.1.